The van der Waals surface area contributed by atoms with Gasteiger partial charge in [-0.2, -0.15) is 0 Å². The number of hydrogen-bond acceptors (Lipinski definition) is 5. The maximum absolute atomic E-state index is 14.1. The predicted molar refractivity (Wildman–Crippen MR) is 91.0 cm³/mol. The SMILES string of the molecule is COc1ccc(Cl)c(OCc2cc(F)c(C(=O)NS(C)(=O)=O)cc2F)c1. The summed E-state index contributed by atoms with van der Waals surface area (Å²) in [5.41, 5.74) is -0.923. The molecule has 0 spiro atoms. The van der Waals surface area contributed by atoms with Crippen molar-refractivity contribution in [2.75, 3.05) is 13.4 Å². The lowest BCUT2D eigenvalue weighted by Crippen LogP contribution is -2.30. The maximum Gasteiger partial charge on any atom is 0.267 e. The Balaban J connectivity index is 2.22. The molecule has 0 aliphatic heterocycles. The molecule has 2 aromatic rings. The number of ether oxygens (including phenoxy) is 2. The summed E-state index contributed by atoms with van der Waals surface area (Å²) < 4.78 is 62.2. The molecule has 0 atom stereocenters. The third-order valence-corrected chi connectivity index (χ3v) is 4.05. The molecule has 140 valence electrons. The molecular weight excluding hydrogens is 392 g/mol. The van der Waals surface area contributed by atoms with Gasteiger partial charge in [-0.15, -0.1) is 0 Å². The van der Waals surface area contributed by atoms with E-state index in [-0.39, 0.29) is 22.9 Å². The third-order valence-electron chi connectivity index (χ3n) is 3.18. The predicted octanol–water partition coefficient (Wildman–Crippen LogP) is 2.90. The van der Waals surface area contributed by atoms with Crippen molar-refractivity contribution in [1.29, 1.82) is 0 Å². The topological polar surface area (TPSA) is 81.7 Å². The molecule has 2 rings (SSSR count). The fourth-order valence-corrected chi connectivity index (χ4v) is 2.59. The summed E-state index contributed by atoms with van der Waals surface area (Å²) in [6, 6.07) is 5.95. The van der Waals surface area contributed by atoms with Gasteiger partial charge in [0, 0.05) is 11.6 Å². The molecule has 0 aliphatic rings. The van der Waals surface area contributed by atoms with Gasteiger partial charge in [-0.3, -0.25) is 4.79 Å². The average molecular weight is 406 g/mol. The number of amides is 1. The van der Waals surface area contributed by atoms with Crippen LogP contribution in [-0.4, -0.2) is 27.7 Å². The molecule has 1 amide bonds. The van der Waals surface area contributed by atoms with Gasteiger partial charge >= 0.3 is 0 Å². The Hall–Kier alpha value is -2.39. The molecule has 0 aromatic heterocycles. The Labute approximate surface area is 153 Å². The summed E-state index contributed by atoms with van der Waals surface area (Å²) in [5.74, 6) is -2.65. The third kappa shape index (κ3) is 5.06. The highest BCUT2D eigenvalue weighted by atomic mass is 35.5. The zero-order valence-electron chi connectivity index (χ0n) is 13.7. The summed E-state index contributed by atoms with van der Waals surface area (Å²) >= 11 is 5.96. The molecule has 0 unspecified atom stereocenters. The second-order valence-electron chi connectivity index (χ2n) is 5.21. The summed E-state index contributed by atoms with van der Waals surface area (Å²) in [5, 5.41) is 0.246. The summed E-state index contributed by atoms with van der Waals surface area (Å²) in [6.07, 6.45) is 0.721. The van der Waals surface area contributed by atoms with Gasteiger partial charge < -0.3 is 9.47 Å². The van der Waals surface area contributed by atoms with Crippen LogP contribution in [0.1, 0.15) is 15.9 Å². The second-order valence-corrected chi connectivity index (χ2v) is 7.37. The average Bonchev–Trinajstić information content (AvgIpc) is 2.54. The van der Waals surface area contributed by atoms with Gasteiger partial charge in [0.1, 0.15) is 29.7 Å². The maximum atomic E-state index is 14.1. The Morgan fingerprint density at radius 1 is 1.19 bits per heavy atom. The van der Waals surface area contributed by atoms with Crippen molar-refractivity contribution < 1.29 is 31.5 Å². The zero-order valence-corrected chi connectivity index (χ0v) is 15.2. The highest BCUT2D eigenvalue weighted by molar-refractivity contribution is 7.89. The normalized spacial score (nSPS) is 11.1. The Morgan fingerprint density at radius 3 is 2.50 bits per heavy atom. The van der Waals surface area contributed by atoms with E-state index in [1.165, 1.54) is 19.2 Å². The number of carbonyl (C=O) groups is 1. The molecule has 6 nitrogen and oxygen atoms in total. The first-order valence-corrected chi connectivity index (χ1v) is 9.34. The first kappa shape index (κ1) is 19.9. The van der Waals surface area contributed by atoms with Crippen molar-refractivity contribution in [2.45, 2.75) is 6.61 Å². The van der Waals surface area contributed by atoms with Gasteiger partial charge in [0.2, 0.25) is 10.0 Å². The van der Waals surface area contributed by atoms with Crippen molar-refractivity contribution in [1.82, 2.24) is 4.72 Å². The van der Waals surface area contributed by atoms with Gasteiger partial charge in [0.05, 0.1) is 24.0 Å². The summed E-state index contributed by atoms with van der Waals surface area (Å²) in [6.45, 7) is -0.371. The highest BCUT2D eigenvalue weighted by Crippen LogP contribution is 2.30. The molecule has 0 fully saturated rings. The minimum atomic E-state index is -3.91. The number of sulfonamides is 1. The number of nitrogens with one attached hydrogen (secondary N) is 1. The first-order valence-electron chi connectivity index (χ1n) is 7.07. The van der Waals surface area contributed by atoms with Gasteiger partial charge in [-0.05, 0) is 24.3 Å². The monoisotopic (exact) mass is 405 g/mol. The van der Waals surface area contributed by atoms with Crippen molar-refractivity contribution >= 4 is 27.5 Å². The van der Waals surface area contributed by atoms with Crippen LogP contribution in [0, 0.1) is 11.6 Å². The van der Waals surface area contributed by atoms with Crippen LogP contribution in [0.15, 0.2) is 30.3 Å². The lowest BCUT2D eigenvalue weighted by Gasteiger charge is -2.11. The molecule has 0 radical (unpaired) electrons. The number of methoxy groups -OCH3 is 1. The van der Waals surface area contributed by atoms with Crippen LogP contribution in [0.3, 0.4) is 0 Å². The number of rotatable bonds is 6. The number of benzene rings is 2. The fraction of sp³-hybridized carbons (Fsp3) is 0.188. The van der Waals surface area contributed by atoms with Crippen molar-refractivity contribution in [2.24, 2.45) is 0 Å². The quantitative estimate of drug-likeness (QED) is 0.799. The Bertz CT molecular complexity index is 950. The standard InChI is InChI=1S/C16H14ClF2NO5S/c1-24-10-3-4-12(17)15(6-10)25-8-9-5-14(19)11(7-13(9)18)16(21)20-26(2,22)23/h3-7H,8H2,1-2H3,(H,20,21). The highest BCUT2D eigenvalue weighted by Gasteiger charge is 2.19. The smallest absolute Gasteiger partial charge is 0.267 e. The van der Waals surface area contributed by atoms with Gasteiger partial charge in [0.25, 0.3) is 5.91 Å². The fourth-order valence-electron chi connectivity index (χ4n) is 1.97. The van der Waals surface area contributed by atoms with Crippen molar-refractivity contribution in [3.05, 3.63) is 58.1 Å². The lowest BCUT2D eigenvalue weighted by atomic mass is 10.1. The van der Waals surface area contributed by atoms with Crippen LogP contribution in [0.2, 0.25) is 5.02 Å². The van der Waals surface area contributed by atoms with E-state index in [1.807, 2.05) is 0 Å². The van der Waals surface area contributed by atoms with Gasteiger partial charge in [-0.25, -0.2) is 21.9 Å². The molecule has 2 aromatic carbocycles. The molecule has 10 heteroatoms. The van der Waals surface area contributed by atoms with Crippen LogP contribution < -0.4 is 14.2 Å². The summed E-state index contributed by atoms with van der Waals surface area (Å²) in [4.78, 5) is 11.7. The molecule has 1 N–H and O–H groups in total. The van der Waals surface area contributed by atoms with Crippen LogP contribution in [-0.2, 0) is 16.6 Å². The van der Waals surface area contributed by atoms with E-state index in [1.54, 1.807) is 10.8 Å². The number of hydrogen-bond donors (Lipinski definition) is 1. The minimum absolute atomic E-state index is 0.183. The summed E-state index contributed by atoms with van der Waals surface area (Å²) in [7, 11) is -2.46. The van der Waals surface area contributed by atoms with E-state index in [2.05, 4.69) is 0 Å². The molecule has 26 heavy (non-hydrogen) atoms. The zero-order chi connectivity index (χ0) is 19.5. The van der Waals surface area contributed by atoms with E-state index < -0.39 is 33.1 Å². The van der Waals surface area contributed by atoms with Gasteiger partial charge in [-0.1, -0.05) is 11.6 Å². The van der Waals surface area contributed by atoms with Crippen LogP contribution >= 0.6 is 11.6 Å². The molecule has 0 saturated heterocycles. The van der Waals surface area contributed by atoms with Crippen LogP contribution in [0.5, 0.6) is 11.5 Å². The van der Waals surface area contributed by atoms with Crippen LogP contribution in [0.25, 0.3) is 0 Å². The molecule has 0 aliphatic carbocycles. The van der Waals surface area contributed by atoms with Crippen molar-refractivity contribution in [3.63, 3.8) is 0 Å². The number of halogens is 3. The van der Waals surface area contributed by atoms with E-state index in [0.717, 1.165) is 12.3 Å². The lowest BCUT2D eigenvalue weighted by molar-refractivity contribution is 0.0977. The van der Waals surface area contributed by atoms with E-state index in [0.29, 0.717) is 11.8 Å². The molecule has 0 saturated carbocycles. The Morgan fingerprint density at radius 2 is 1.88 bits per heavy atom. The molecule has 0 heterocycles. The van der Waals surface area contributed by atoms with Crippen LogP contribution in [0.4, 0.5) is 8.78 Å². The van der Waals surface area contributed by atoms with E-state index in [9.17, 15) is 22.0 Å². The molecule has 0 bridgehead atoms. The van der Waals surface area contributed by atoms with Gasteiger partial charge in [0.15, 0.2) is 0 Å². The largest absolute Gasteiger partial charge is 0.497 e. The number of carbonyl (C=O) groups excluding carboxylic acids is 1. The van der Waals surface area contributed by atoms with E-state index >= 15 is 0 Å². The van der Waals surface area contributed by atoms with Crippen molar-refractivity contribution in [3.8, 4) is 11.5 Å². The Kier molecular flexibility index (Phi) is 6.04. The molecular formula is C16H14ClF2NO5S. The minimum Gasteiger partial charge on any atom is -0.497 e. The second kappa shape index (κ2) is 7.88. The first-order chi connectivity index (χ1) is 12.1. The van der Waals surface area contributed by atoms with E-state index in [4.69, 9.17) is 21.1 Å².